The molecule has 0 saturated heterocycles. The average molecular weight is 401 g/mol. The fourth-order valence-corrected chi connectivity index (χ4v) is 5.41. The summed E-state index contributed by atoms with van der Waals surface area (Å²) in [6.07, 6.45) is 2.71. The second-order valence-electron chi connectivity index (χ2n) is 7.75. The lowest BCUT2D eigenvalue weighted by Gasteiger charge is -2.67. The van der Waals surface area contributed by atoms with Crippen LogP contribution in [-0.4, -0.2) is 10.1 Å². The Bertz CT molecular complexity index is 1090. The Balaban J connectivity index is 1.60. The molecular weight excluding hydrogens is 384 g/mol. The van der Waals surface area contributed by atoms with Crippen LogP contribution in [0.1, 0.15) is 47.9 Å². The Hall–Kier alpha value is -1.95. The maximum atomic E-state index is 12.9. The Morgan fingerprint density at radius 3 is 2.48 bits per heavy atom. The molecule has 0 spiro atoms. The van der Waals surface area contributed by atoms with Crippen LogP contribution in [0.4, 0.5) is 0 Å². The van der Waals surface area contributed by atoms with Crippen molar-refractivity contribution in [2.45, 2.75) is 50.9 Å². The summed E-state index contributed by atoms with van der Waals surface area (Å²) in [6, 6.07) is 3.88. The van der Waals surface area contributed by atoms with Crippen molar-refractivity contribution in [2.24, 2.45) is 0 Å². The fraction of sp³-hybridized carbons (Fsp3) is 0.421. The number of hydrogen-bond donors (Lipinski definition) is 0. The molecule has 3 aliphatic rings. The zero-order valence-corrected chi connectivity index (χ0v) is 15.9. The molecule has 6 rings (SSSR count). The molecule has 2 heterocycles. The van der Waals surface area contributed by atoms with Crippen molar-refractivity contribution in [1.82, 2.24) is 10.1 Å². The summed E-state index contributed by atoms with van der Waals surface area (Å²) < 4.78 is 12.5. The van der Waals surface area contributed by atoms with E-state index in [0.717, 1.165) is 46.5 Å². The minimum Gasteiger partial charge on any atom is -0.459 e. The van der Waals surface area contributed by atoms with Crippen LogP contribution in [0.15, 0.2) is 30.3 Å². The summed E-state index contributed by atoms with van der Waals surface area (Å²) in [5, 5.41) is 4.55. The molecule has 25 heavy (non-hydrogen) atoms. The van der Waals surface area contributed by atoms with Crippen molar-refractivity contribution in [3.63, 3.8) is 0 Å². The zero-order valence-electron chi connectivity index (χ0n) is 14.3. The third-order valence-corrected chi connectivity index (χ3v) is 6.40. The topological polar surface area (TPSA) is 69.1 Å². The van der Waals surface area contributed by atoms with Crippen molar-refractivity contribution in [3.05, 3.63) is 55.4 Å². The molecule has 3 fully saturated rings. The molecular formula is C19H17BrN2O3. The molecule has 5 nitrogen and oxygen atoms in total. The first-order chi connectivity index (χ1) is 11.8. The fourth-order valence-electron chi connectivity index (χ4n) is 4.76. The van der Waals surface area contributed by atoms with Crippen LogP contribution in [0.2, 0.25) is 0 Å². The van der Waals surface area contributed by atoms with Crippen LogP contribution in [-0.2, 0) is 10.8 Å². The van der Waals surface area contributed by atoms with Gasteiger partial charge in [0, 0.05) is 11.0 Å². The molecule has 2 bridgehead atoms. The summed E-state index contributed by atoms with van der Waals surface area (Å²) in [5.74, 6) is 2.22. The summed E-state index contributed by atoms with van der Waals surface area (Å²) in [5.41, 5.74) is 2.38. The largest absolute Gasteiger partial charge is 0.459 e. The second kappa shape index (κ2) is 4.61. The van der Waals surface area contributed by atoms with Gasteiger partial charge in [-0.1, -0.05) is 5.16 Å². The van der Waals surface area contributed by atoms with Gasteiger partial charge in [-0.2, -0.15) is 4.98 Å². The SMILES string of the molecule is Cc1cc(Br)c2oc(C34CC(c5nc(C)no5)(C3)C4)c(C)c(=O)c2c1. The van der Waals surface area contributed by atoms with E-state index in [0.29, 0.717) is 16.8 Å². The van der Waals surface area contributed by atoms with E-state index in [4.69, 9.17) is 8.94 Å². The maximum Gasteiger partial charge on any atom is 0.232 e. The number of aromatic nitrogens is 2. The summed E-state index contributed by atoms with van der Waals surface area (Å²) in [7, 11) is 0. The third kappa shape index (κ3) is 1.86. The van der Waals surface area contributed by atoms with Crippen molar-refractivity contribution in [3.8, 4) is 0 Å². The van der Waals surface area contributed by atoms with Gasteiger partial charge in [0.25, 0.3) is 0 Å². The molecule has 2 aromatic heterocycles. The highest BCUT2D eigenvalue weighted by Crippen LogP contribution is 2.73. The highest BCUT2D eigenvalue weighted by atomic mass is 79.9. The van der Waals surface area contributed by atoms with E-state index in [1.807, 2.05) is 32.9 Å². The number of benzene rings is 1. The minimum atomic E-state index is -0.0653. The number of fused-ring (bicyclic) bond motifs is 1. The molecule has 0 N–H and O–H groups in total. The molecule has 0 radical (unpaired) electrons. The van der Waals surface area contributed by atoms with E-state index in [1.54, 1.807) is 0 Å². The van der Waals surface area contributed by atoms with Gasteiger partial charge in [-0.15, -0.1) is 0 Å². The van der Waals surface area contributed by atoms with Gasteiger partial charge in [0.05, 0.1) is 15.3 Å². The van der Waals surface area contributed by atoms with E-state index < -0.39 is 0 Å². The highest BCUT2D eigenvalue weighted by Gasteiger charge is 2.73. The van der Waals surface area contributed by atoms with E-state index in [9.17, 15) is 4.79 Å². The Labute approximate surface area is 152 Å². The number of aryl methyl sites for hydroxylation is 2. The van der Waals surface area contributed by atoms with Crippen LogP contribution in [0.25, 0.3) is 11.0 Å². The van der Waals surface area contributed by atoms with E-state index >= 15 is 0 Å². The van der Waals surface area contributed by atoms with Gasteiger partial charge in [-0.25, -0.2) is 0 Å². The molecule has 3 saturated carbocycles. The Morgan fingerprint density at radius 1 is 1.12 bits per heavy atom. The molecule has 6 heteroatoms. The monoisotopic (exact) mass is 400 g/mol. The summed E-state index contributed by atoms with van der Waals surface area (Å²) >= 11 is 3.54. The van der Waals surface area contributed by atoms with Gasteiger partial charge in [0.15, 0.2) is 16.8 Å². The second-order valence-corrected chi connectivity index (χ2v) is 8.60. The van der Waals surface area contributed by atoms with E-state index in [2.05, 4.69) is 26.1 Å². The first kappa shape index (κ1) is 15.3. The van der Waals surface area contributed by atoms with Crippen LogP contribution in [0.5, 0.6) is 0 Å². The molecule has 0 aliphatic heterocycles. The number of nitrogens with zero attached hydrogens (tertiary/aromatic N) is 2. The van der Waals surface area contributed by atoms with Crippen LogP contribution < -0.4 is 5.43 Å². The van der Waals surface area contributed by atoms with Crippen LogP contribution in [0.3, 0.4) is 0 Å². The van der Waals surface area contributed by atoms with Crippen LogP contribution in [0, 0.1) is 20.8 Å². The lowest BCUT2D eigenvalue weighted by molar-refractivity contribution is -0.102. The van der Waals surface area contributed by atoms with E-state index in [1.165, 1.54) is 0 Å². The minimum absolute atomic E-state index is 0.0221. The van der Waals surface area contributed by atoms with Gasteiger partial charge in [-0.05, 0) is 73.7 Å². The lowest BCUT2D eigenvalue weighted by Crippen LogP contribution is -2.67. The van der Waals surface area contributed by atoms with Gasteiger partial charge in [-0.3, -0.25) is 4.79 Å². The predicted molar refractivity (Wildman–Crippen MR) is 95.9 cm³/mol. The van der Waals surface area contributed by atoms with Gasteiger partial charge >= 0.3 is 0 Å². The van der Waals surface area contributed by atoms with Gasteiger partial charge < -0.3 is 8.94 Å². The highest BCUT2D eigenvalue weighted by molar-refractivity contribution is 9.10. The number of rotatable bonds is 2. The van der Waals surface area contributed by atoms with Crippen molar-refractivity contribution in [1.29, 1.82) is 0 Å². The van der Waals surface area contributed by atoms with Crippen molar-refractivity contribution >= 4 is 26.9 Å². The zero-order chi connectivity index (χ0) is 17.6. The molecule has 0 unspecified atom stereocenters. The maximum absolute atomic E-state index is 12.9. The van der Waals surface area contributed by atoms with Crippen molar-refractivity contribution < 1.29 is 8.94 Å². The number of halogens is 1. The number of hydrogen-bond acceptors (Lipinski definition) is 5. The molecule has 3 aliphatic carbocycles. The van der Waals surface area contributed by atoms with Gasteiger partial charge in [0.1, 0.15) is 5.76 Å². The third-order valence-electron chi connectivity index (χ3n) is 5.81. The molecule has 0 atom stereocenters. The predicted octanol–water partition coefficient (Wildman–Crippen LogP) is 4.24. The quantitative estimate of drug-likeness (QED) is 0.643. The normalized spacial score (nSPS) is 27.2. The summed E-state index contributed by atoms with van der Waals surface area (Å²) in [6.45, 7) is 5.69. The van der Waals surface area contributed by atoms with E-state index in [-0.39, 0.29) is 16.3 Å². The van der Waals surface area contributed by atoms with Crippen LogP contribution >= 0.6 is 15.9 Å². The lowest BCUT2D eigenvalue weighted by atomic mass is 9.34. The molecule has 3 aromatic rings. The molecule has 0 amide bonds. The smallest absolute Gasteiger partial charge is 0.232 e. The first-order valence-corrected chi connectivity index (χ1v) is 9.18. The Kier molecular flexibility index (Phi) is 2.82. The first-order valence-electron chi connectivity index (χ1n) is 8.38. The van der Waals surface area contributed by atoms with Gasteiger partial charge in [0.2, 0.25) is 5.89 Å². The van der Waals surface area contributed by atoms with Crippen molar-refractivity contribution in [2.75, 3.05) is 0 Å². The summed E-state index contributed by atoms with van der Waals surface area (Å²) in [4.78, 5) is 17.3. The Morgan fingerprint density at radius 2 is 1.84 bits per heavy atom. The average Bonchev–Trinajstić information content (AvgIpc) is 2.89. The standard InChI is InChI=1S/C19H17BrN2O3/c1-9-4-12-14(23)10(2)16(24-15(12)13(20)5-9)18-6-19(7-18,8-18)17-21-11(3)22-25-17/h4-5H,6-8H2,1-3H3. The molecule has 128 valence electrons. The molecule has 1 aromatic carbocycles.